The minimum atomic E-state index is -0.107. The molecule has 1 aliphatic rings. The van der Waals surface area contributed by atoms with Gasteiger partial charge in [-0.15, -0.1) is 0 Å². The van der Waals surface area contributed by atoms with Gasteiger partial charge in [-0.05, 0) is 48.5 Å². The van der Waals surface area contributed by atoms with Crippen LogP contribution < -0.4 is 10.1 Å². The molecule has 0 atom stereocenters. The lowest BCUT2D eigenvalue weighted by atomic mass is 10.1. The van der Waals surface area contributed by atoms with Crippen LogP contribution in [0.1, 0.15) is 11.3 Å². The first-order valence-corrected chi connectivity index (χ1v) is 8.98. The third-order valence-corrected chi connectivity index (χ3v) is 4.92. The first-order valence-electron chi connectivity index (χ1n) is 8.98. The molecule has 4 aromatic rings. The monoisotopic (exact) mass is 367 g/mol. The maximum atomic E-state index is 12.5. The summed E-state index contributed by atoms with van der Waals surface area (Å²) in [6.07, 6.45) is 3.84. The number of rotatable bonds is 3. The lowest BCUT2D eigenvalue weighted by Crippen LogP contribution is -2.03. The highest BCUT2D eigenvalue weighted by atomic mass is 16.5. The molecule has 0 saturated heterocycles. The molecule has 5 nitrogen and oxygen atoms in total. The van der Waals surface area contributed by atoms with Gasteiger partial charge in [0, 0.05) is 23.0 Å². The summed E-state index contributed by atoms with van der Waals surface area (Å²) in [7, 11) is 1.65. The second-order valence-electron chi connectivity index (χ2n) is 6.56. The molecule has 136 valence electrons. The fourth-order valence-electron chi connectivity index (χ4n) is 3.53. The van der Waals surface area contributed by atoms with Crippen molar-refractivity contribution in [2.75, 3.05) is 12.4 Å². The van der Waals surface area contributed by atoms with Crippen molar-refractivity contribution in [2.24, 2.45) is 0 Å². The van der Waals surface area contributed by atoms with Gasteiger partial charge in [0.15, 0.2) is 0 Å². The van der Waals surface area contributed by atoms with Gasteiger partial charge in [-0.3, -0.25) is 9.20 Å². The Hall–Kier alpha value is -3.86. The van der Waals surface area contributed by atoms with Crippen LogP contribution in [-0.4, -0.2) is 22.4 Å². The summed E-state index contributed by atoms with van der Waals surface area (Å²) < 4.78 is 7.29. The number of imidazole rings is 1. The molecule has 0 saturated carbocycles. The molecule has 1 N–H and O–H groups in total. The Bertz CT molecular complexity index is 1240. The number of hydrogen-bond acceptors (Lipinski definition) is 3. The van der Waals surface area contributed by atoms with E-state index in [2.05, 4.69) is 5.32 Å². The molecule has 5 rings (SSSR count). The molecule has 3 heterocycles. The van der Waals surface area contributed by atoms with Crippen LogP contribution >= 0.6 is 0 Å². The largest absolute Gasteiger partial charge is 0.497 e. The van der Waals surface area contributed by atoms with Crippen LogP contribution in [0, 0.1) is 0 Å². The number of aromatic nitrogens is 2. The lowest BCUT2D eigenvalue weighted by molar-refractivity contribution is -0.110. The van der Waals surface area contributed by atoms with E-state index in [0.717, 1.165) is 39.6 Å². The van der Waals surface area contributed by atoms with Gasteiger partial charge in [0.2, 0.25) is 0 Å². The number of carbonyl (C=O) groups is 1. The van der Waals surface area contributed by atoms with Gasteiger partial charge in [-0.1, -0.05) is 24.3 Å². The number of hydrogen-bond donors (Lipinski definition) is 1. The minimum absolute atomic E-state index is 0.107. The number of anilines is 1. The second kappa shape index (κ2) is 6.39. The predicted molar refractivity (Wildman–Crippen MR) is 110 cm³/mol. The van der Waals surface area contributed by atoms with Crippen molar-refractivity contribution in [3.63, 3.8) is 0 Å². The third kappa shape index (κ3) is 2.56. The van der Waals surface area contributed by atoms with Gasteiger partial charge in [0.1, 0.15) is 11.6 Å². The van der Waals surface area contributed by atoms with Crippen molar-refractivity contribution in [1.29, 1.82) is 0 Å². The van der Waals surface area contributed by atoms with Gasteiger partial charge in [0.05, 0.1) is 23.9 Å². The molecule has 0 unspecified atom stereocenters. The van der Waals surface area contributed by atoms with Crippen LogP contribution in [0.15, 0.2) is 72.9 Å². The first-order chi connectivity index (χ1) is 13.7. The summed E-state index contributed by atoms with van der Waals surface area (Å²) in [4.78, 5) is 17.3. The van der Waals surface area contributed by atoms with E-state index in [1.54, 1.807) is 7.11 Å². The number of benzene rings is 2. The second-order valence-corrected chi connectivity index (χ2v) is 6.56. The molecule has 28 heavy (non-hydrogen) atoms. The van der Waals surface area contributed by atoms with E-state index in [-0.39, 0.29) is 5.91 Å². The van der Waals surface area contributed by atoms with E-state index >= 15 is 0 Å². The number of pyridine rings is 1. The van der Waals surface area contributed by atoms with Crippen molar-refractivity contribution >= 4 is 28.8 Å². The number of fused-ring (bicyclic) bond motifs is 2. The van der Waals surface area contributed by atoms with E-state index in [1.165, 1.54) is 0 Å². The Morgan fingerprint density at radius 2 is 1.79 bits per heavy atom. The zero-order chi connectivity index (χ0) is 19.1. The number of amides is 1. The van der Waals surface area contributed by atoms with Crippen LogP contribution in [0.3, 0.4) is 0 Å². The van der Waals surface area contributed by atoms with Crippen LogP contribution in [0.25, 0.3) is 28.6 Å². The molecule has 1 amide bonds. The average Bonchev–Trinajstić information content (AvgIpc) is 3.26. The van der Waals surface area contributed by atoms with E-state index in [9.17, 15) is 4.79 Å². The zero-order valence-corrected chi connectivity index (χ0v) is 15.2. The number of para-hydroxylation sites is 1. The van der Waals surface area contributed by atoms with Gasteiger partial charge in [0.25, 0.3) is 5.91 Å². The first kappa shape index (κ1) is 16.3. The summed E-state index contributed by atoms with van der Waals surface area (Å²) in [6, 6.07) is 21.4. The number of carbonyl (C=O) groups excluding carboxylic acids is 1. The normalized spacial score (nSPS) is 14.3. The predicted octanol–water partition coefficient (Wildman–Crippen LogP) is 4.50. The summed E-state index contributed by atoms with van der Waals surface area (Å²) in [5, 5.41) is 2.91. The van der Waals surface area contributed by atoms with Crippen LogP contribution in [0.2, 0.25) is 0 Å². The average molecular weight is 367 g/mol. The lowest BCUT2D eigenvalue weighted by Gasteiger charge is -2.03. The van der Waals surface area contributed by atoms with Gasteiger partial charge < -0.3 is 10.1 Å². The molecule has 2 aromatic heterocycles. The fourth-order valence-corrected chi connectivity index (χ4v) is 3.53. The highest BCUT2D eigenvalue weighted by Crippen LogP contribution is 2.34. The van der Waals surface area contributed by atoms with Gasteiger partial charge >= 0.3 is 0 Å². The topological polar surface area (TPSA) is 55.6 Å². The van der Waals surface area contributed by atoms with Gasteiger partial charge in [-0.2, -0.15) is 0 Å². The van der Waals surface area contributed by atoms with Crippen LogP contribution in [-0.2, 0) is 4.79 Å². The van der Waals surface area contributed by atoms with E-state index < -0.39 is 0 Å². The summed E-state index contributed by atoms with van der Waals surface area (Å²) in [5.74, 6) is 1.51. The van der Waals surface area contributed by atoms with Crippen LogP contribution in [0.5, 0.6) is 5.75 Å². The number of nitrogens with zero attached hydrogens (tertiary/aromatic N) is 2. The Balaban J connectivity index is 1.68. The smallest absolute Gasteiger partial charge is 0.256 e. The molecule has 0 aliphatic carbocycles. The maximum absolute atomic E-state index is 12.5. The third-order valence-electron chi connectivity index (χ3n) is 4.92. The van der Waals surface area contributed by atoms with Crippen molar-refractivity contribution in [3.05, 3.63) is 84.2 Å². The molecule has 1 aliphatic heterocycles. The standard InChI is InChI=1S/C23H17N3O2/c1-28-16-11-9-15(10-12-16)22-24-20(21-8-4-5-13-26(21)22)14-18-17-6-2-3-7-19(17)25-23(18)27/h2-14H,1H3,(H,25,27)/b18-14+. The highest BCUT2D eigenvalue weighted by Gasteiger charge is 2.24. The highest BCUT2D eigenvalue weighted by molar-refractivity contribution is 6.35. The molecule has 0 bridgehead atoms. The summed E-state index contributed by atoms with van der Waals surface area (Å²) >= 11 is 0. The Morgan fingerprint density at radius 3 is 2.61 bits per heavy atom. The van der Waals surface area contributed by atoms with E-state index in [4.69, 9.17) is 9.72 Å². The zero-order valence-electron chi connectivity index (χ0n) is 15.2. The molecule has 0 fully saturated rings. The van der Waals surface area contributed by atoms with Crippen molar-refractivity contribution < 1.29 is 9.53 Å². The molecule has 5 heteroatoms. The van der Waals surface area contributed by atoms with Crippen molar-refractivity contribution in [3.8, 4) is 17.1 Å². The number of ether oxygens (including phenoxy) is 1. The number of methoxy groups -OCH3 is 1. The quantitative estimate of drug-likeness (QED) is 0.542. The summed E-state index contributed by atoms with van der Waals surface area (Å²) in [6.45, 7) is 0. The Labute approximate surface area is 161 Å². The SMILES string of the molecule is COc1ccc(-c2nc(/C=C3/C(=O)Nc4ccccc43)c3ccccn23)cc1. The van der Waals surface area contributed by atoms with Crippen LogP contribution in [0.4, 0.5) is 5.69 Å². The van der Waals surface area contributed by atoms with Crippen molar-refractivity contribution in [1.82, 2.24) is 9.38 Å². The molecular formula is C23H17N3O2. The van der Waals surface area contributed by atoms with Gasteiger partial charge in [-0.25, -0.2) is 4.98 Å². The van der Waals surface area contributed by atoms with E-state index in [0.29, 0.717) is 5.57 Å². The van der Waals surface area contributed by atoms with Crippen molar-refractivity contribution in [2.45, 2.75) is 0 Å². The molecular weight excluding hydrogens is 350 g/mol. The number of nitrogens with one attached hydrogen (secondary N) is 1. The molecule has 0 radical (unpaired) electrons. The molecule has 2 aromatic carbocycles. The Morgan fingerprint density at radius 1 is 1.00 bits per heavy atom. The maximum Gasteiger partial charge on any atom is 0.256 e. The summed E-state index contributed by atoms with van der Waals surface area (Å²) in [5.41, 5.74) is 5.03. The fraction of sp³-hybridized carbons (Fsp3) is 0.0435. The van der Waals surface area contributed by atoms with E-state index in [1.807, 2.05) is 83.4 Å². The Kier molecular flexibility index (Phi) is 3.72. The molecule has 0 spiro atoms. The minimum Gasteiger partial charge on any atom is -0.497 e.